The van der Waals surface area contributed by atoms with Gasteiger partial charge in [-0.25, -0.2) is 0 Å². The van der Waals surface area contributed by atoms with Crippen molar-refractivity contribution in [3.63, 3.8) is 0 Å². The van der Waals surface area contributed by atoms with E-state index < -0.39 is 0 Å². The van der Waals surface area contributed by atoms with Crippen molar-refractivity contribution >= 4 is 0 Å². The average molecular weight is 212 g/mol. The van der Waals surface area contributed by atoms with Gasteiger partial charge in [0.25, 0.3) is 0 Å². The van der Waals surface area contributed by atoms with Gasteiger partial charge in [0, 0.05) is 24.7 Å². The second kappa shape index (κ2) is 4.81. The Morgan fingerprint density at radius 1 is 1.13 bits per heavy atom. The Hall–Kier alpha value is -0.120. The number of nitrogens with two attached hydrogens (primary N) is 1. The van der Waals surface area contributed by atoms with E-state index >= 15 is 0 Å². The number of hydrogen-bond acceptors (Lipinski definition) is 3. The third kappa shape index (κ3) is 2.71. The van der Waals surface area contributed by atoms with Gasteiger partial charge in [-0.05, 0) is 25.7 Å². The molecule has 1 saturated heterocycles. The Bertz CT molecular complexity index is 194. The molecule has 0 atom stereocenters. The molecule has 0 aromatic heterocycles. The van der Waals surface area contributed by atoms with E-state index in [1.54, 1.807) is 0 Å². The van der Waals surface area contributed by atoms with E-state index in [1.165, 1.54) is 32.1 Å². The maximum atomic E-state index is 9.20. The maximum Gasteiger partial charge on any atom is 0.0612 e. The van der Waals surface area contributed by atoms with Gasteiger partial charge in [0.15, 0.2) is 0 Å². The topological polar surface area (TPSA) is 49.5 Å². The molecular weight excluding hydrogens is 188 g/mol. The molecule has 3 nitrogen and oxygen atoms in total. The molecule has 3 N–H and O–H groups in total. The number of aliphatic hydroxyl groups is 1. The first kappa shape index (κ1) is 11.4. The number of rotatable bonds is 2. The molecule has 1 aliphatic heterocycles. The molecule has 1 aliphatic carbocycles. The molecule has 0 aromatic rings. The summed E-state index contributed by atoms with van der Waals surface area (Å²) in [6, 6.07) is 0.807. The molecule has 0 bridgehead atoms. The molecule has 0 unspecified atom stereocenters. The summed E-state index contributed by atoms with van der Waals surface area (Å²) >= 11 is 0. The minimum Gasteiger partial charge on any atom is -0.394 e. The molecule has 2 aliphatic rings. The van der Waals surface area contributed by atoms with Gasteiger partial charge >= 0.3 is 0 Å². The first-order valence-corrected chi connectivity index (χ1v) is 6.37. The molecule has 0 amide bonds. The molecule has 0 radical (unpaired) electrons. The number of nitrogens with zero attached hydrogens (tertiary/aromatic N) is 1. The van der Waals surface area contributed by atoms with Crippen LogP contribution in [0.3, 0.4) is 0 Å². The molecule has 0 spiro atoms. The molecule has 2 rings (SSSR count). The third-order valence-corrected chi connectivity index (χ3v) is 4.20. The molecule has 1 saturated carbocycles. The zero-order valence-corrected chi connectivity index (χ0v) is 9.62. The van der Waals surface area contributed by atoms with Crippen molar-refractivity contribution in [2.45, 2.75) is 56.5 Å². The average Bonchev–Trinajstić information content (AvgIpc) is 2.31. The fraction of sp³-hybridized carbons (Fsp3) is 1.00. The van der Waals surface area contributed by atoms with E-state index in [0.29, 0.717) is 0 Å². The molecule has 1 heterocycles. The Morgan fingerprint density at radius 2 is 1.73 bits per heavy atom. The van der Waals surface area contributed by atoms with Crippen LogP contribution < -0.4 is 5.73 Å². The van der Waals surface area contributed by atoms with E-state index in [2.05, 4.69) is 4.90 Å². The molecule has 3 heteroatoms. The first-order valence-electron chi connectivity index (χ1n) is 6.37. The summed E-state index contributed by atoms with van der Waals surface area (Å²) in [7, 11) is 0. The van der Waals surface area contributed by atoms with Crippen LogP contribution in [0.15, 0.2) is 0 Å². The Labute approximate surface area is 92.6 Å². The summed E-state index contributed by atoms with van der Waals surface area (Å²) in [5.41, 5.74) is 5.79. The zero-order chi connectivity index (χ0) is 10.7. The van der Waals surface area contributed by atoms with Gasteiger partial charge in [0.2, 0.25) is 0 Å². The largest absolute Gasteiger partial charge is 0.394 e. The monoisotopic (exact) mass is 212 g/mol. The van der Waals surface area contributed by atoms with Crippen LogP contribution in [0.25, 0.3) is 0 Å². The Kier molecular flexibility index (Phi) is 3.65. The van der Waals surface area contributed by atoms with E-state index in [4.69, 9.17) is 5.73 Å². The highest BCUT2D eigenvalue weighted by Crippen LogP contribution is 2.27. The fourth-order valence-corrected chi connectivity index (χ4v) is 2.94. The first-order chi connectivity index (χ1) is 7.23. The predicted octanol–water partition coefficient (Wildman–Crippen LogP) is 1.10. The highest BCUT2D eigenvalue weighted by molar-refractivity contribution is 4.91. The van der Waals surface area contributed by atoms with Crippen LogP contribution in [0, 0.1) is 0 Å². The van der Waals surface area contributed by atoms with E-state index in [-0.39, 0.29) is 12.1 Å². The maximum absolute atomic E-state index is 9.20. The lowest BCUT2D eigenvalue weighted by molar-refractivity contribution is 0.0673. The number of hydrogen-bond donors (Lipinski definition) is 2. The molecular formula is C12H24N2O. The van der Waals surface area contributed by atoms with Gasteiger partial charge in [0.05, 0.1) is 6.61 Å². The fourth-order valence-electron chi connectivity index (χ4n) is 2.94. The van der Waals surface area contributed by atoms with Crippen molar-refractivity contribution in [3.05, 3.63) is 0 Å². The highest BCUT2D eigenvalue weighted by atomic mass is 16.3. The van der Waals surface area contributed by atoms with Crippen molar-refractivity contribution in [1.29, 1.82) is 0 Å². The second-order valence-electron chi connectivity index (χ2n) is 5.35. The number of likely N-dealkylation sites (tertiary alicyclic amines) is 1. The van der Waals surface area contributed by atoms with E-state index in [1.807, 2.05) is 0 Å². The van der Waals surface area contributed by atoms with Crippen molar-refractivity contribution in [2.75, 3.05) is 19.7 Å². The summed E-state index contributed by atoms with van der Waals surface area (Å²) in [5.74, 6) is 0. The quantitative estimate of drug-likeness (QED) is 0.721. The molecule has 2 fully saturated rings. The van der Waals surface area contributed by atoms with Crippen molar-refractivity contribution in [3.8, 4) is 0 Å². The van der Waals surface area contributed by atoms with Gasteiger partial charge in [-0.15, -0.1) is 0 Å². The lowest BCUT2D eigenvalue weighted by Crippen LogP contribution is -2.55. The van der Waals surface area contributed by atoms with Crippen LogP contribution >= 0.6 is 0 Å². The molecule has 88 valence electrons. The van der Waals surface area contributed by atoms with Gasteiger partial charge in [-0.1, -0.05) is 19.3 Å². The zero-order valence-electron chi connectivity index (χ0n) is 9.62. The minimum absolute atomic E-state index is 0.144. The number of aliphatic hydroxyl groups excluding tert-OH is 1. The van der Waals surface area contributed by atoms with Crippen LogP contribution in [0.1, 0.15) is 44.9 Å². The van der Waals surface area contributed by atoms with Gasteiger partial charge in [-0.3, -0.25) is 0 Å². The van der Waals surface area contributed by atoms with Gasteiger partial charge < -0.3 is 15.7 Å². The van der Waals surface area contributed by atoms with Crippen LogP contribution in [-0.4, -0.2) is 41.3 Å². The smallest absolute Gasteiger partial charge is 0.0612 e. The van der Waals surface area contributed by atoms with Gasteiger partial charge in [0.1, 0.15) is 0 Å². The summed E-state index contributed by atoms with van der Waals surface area (Å²) < 4.78 is 0. The Balaban J connectivity index is 1.82. The predicted molar refractivity (Wildman–Crippen MR) is 61.7 cm³/mol. The molecule has 15 heavy (non-hydrogen) atoms. The van der Waals surface area contributed by atoms with E-state index in [9.17, 15) is 5.11 Å². The third-order valence-electron chi connectivity index (χ3n) is 4.20. The normalized spacial score (nSPS) is 29.2. The number of piperidine rings is 1. The molecule has 0 aromatic carbocycles. The Morgan fingerprint density at radius 3 is 2.27 bits per heavy atom. The van der Waals surface area contributed by atoms with Gasteiger partial charge in [-0.2, -0.15) is 0 Å². The second-order valence-corrected chi connectivity index (χ2v) is 5.35. The van der Waals surface area contributed by atoms with Crippen LogP contribution in [0.2, 0.25) is 0 Å². The van der Waals surface area contributed by atoms with Crippen LogP contribution in [-0.2, 0) is 0 Å². The summed E-state index contributed by atoms with van der Waals surface area (Å²) in [6.45, 7) is 2.31. The highest BCUT2D eigenvalue weighted by Gasteiger charge is 2.32. The van der Waals surface area contributed by atoms with Crippen LogP contribution in [0.4, 0.5) is 0 Å². The lowest BCUT2D eigenvalue weighted by atomic mass is 9.86. The minimum atomic E-state index is -0.287. The van der Waals surface area contributed by atoms with Crippen molar-refractivity contribution in [1.82, 2.24) is 4.90 Å². The SMILES string of the molecule is NC1(CO)CCN(C2CCCCC2)CC1. The lowest BCUT2D eigenvalue weighted by Gasteiger charge is -2.42. The summed E-state index contributed by atoms with van der Waals surface area (Å²) in [6.07, 6.45) is 8.87. The van der Waals surface area contributed by atoms with E-state index in [0.717, 1.165) is 32.0 Å². The standard InChI is InChI=1S/C12H24N2O/c13-12(10-15)6-8-14(9-7-12)11-4-2-1-3-5-11/h11,15H,1-10,13H2. The summed E-state index contributed by atoms with van der Waals surface area (Å²) in [4.78, 5) is 2.60. The summed E-state index contributed by atoms with van der Waals surface area (Å²) in [5, 5.41) is 9.20. The van der Waals surface area contributed by atoms with Crippen molar-refractivity contribution < 1.29 is 5.11 Å². The van der Waals surface area contributed by atoms with Crippen LogP contribution in [0.5, 0.6) is 0 Å². The van der Waals surface area contributed by atoms with Crippen molar-refractivity contribution in [2.24, 2.45) is 5.73 Å².